The molecular weight excluding hydrogens is 426 g/mol. The number of furan rings is 1. The Morgan fingerprint density at radius 2 is 1.94 bits per heavy atom. The number of nitrogens with one attached hydrogen (secondary N) is 1. The van der Waals surface area contributed by atoms with E-state index >= 15 is 0 Å². The number of rotatable bonds is 10. The number of ether oxygens (including phenoxy) is 2. The lowest BCUT2D eigenvalue weighted by atomic mass is 10.0. The van der Waals surface area contributed by atoms with Gasteiger partial charge in [0.2, 0.25) is 5.71 Å². The molecule has 166 valence electrons. The summed E-state index contributed by atoms with van der Waals surface area (Å²) in [4.78, 5) is 21.2. The topological polar surface area (TPSA) is 86.5 Å². The van der Waals surface area contributed by atoms with Crippen LogP contribution in [-0.4, -0.2) is 36.7 Å². The highest BCUT2D eigenvalue weighted by molar-refractivity contribution is 7.13. The number of unbranched alkanes of at least 4 members (excludes halogenated alkanes) is 2. The summed E-state index contributed by atoms with van der Waals surface area (Å²) >= 11 is 1.62. The van der Waals surface area contributed by atoms with E-state index in [1.54, 1.807) is 18.4 Å². The van der Waals surface area contributed by atoms with Crippen molar-refractivity contribution in [2.24, 2.45) is 0 Å². The molecule has 32 heavy (non-hydrogen) atoms. The number of anilines is 1. The van der Waals surface area contributed by atoms with Gasteiger partial charge in [-0.15, -0.1) is 11.3 Å². The largest absolute Gasteiger partial charge is 0.497 e. The first kappa shape index (κ1) is 21.8. The van der Waals surface area contributed by atoms with E-state index in [1.165, 1.54) is 13.4 Å². The Bertz CT molecular complexity index is 1170. The number of carbonyl (C=O) groups is 1. The van der Waals surface area contributed by atoms with Crippen molar-refractivity contribution >= 4 is 34.2 Å². The van der Waals surface area contributed by atoms with Gasteiger partial charge in [0, 0.05) is 18.5 Å². The maximum Gasteiger partial charge on any atom is 0.305 e. The molecule has 0 amide bonds. The van der Waals surface area contributed by atoms with Crippen molar-refractivity contribution in [1.82, 2.24) is 9.97 Å². The molecule has 0 aliphatic carbocycles. The van der Waals surface area contributed by atoms with Gasteiger partial charge in [-0.1, -0.05) is 24.6 Å². The Hall–Kier alpha value is -3.39. The Balaban J connectivity index is 1.63. The third-order valence-electron chi connectivity index (χ3n) is 5.19. The minimum Gasteiger partial charge on any atom is -0.497 e. The molecule has 7 nitrogen and oxygen atoms in total. The summed E-state index contributed by atoms with van der Waals surface area (Å²) in [6.07, 6.45) is 4.60. The van der Waals surface area contributed by atoms with Crippen LogP contribution in [0.1, 0.15) is 25.7 Å². The Morgan fingerprint density at radius 1 is 1.09 bits per heavy atom. The molecule has 0 aliphatic heterocycles. The summed E-state index contributed by atoms with van der Waals surface area (Å²) < 4.78 is 16.2. The van der Waals surface area contributed by atoms with Gasteiger partial charge in [0.05, 0.1) is 24.5 Å². The number of hydrogen-bond donors (Lipinski definition) is 1. The van der Waals surface area contributed by atoms with Gasteiger partial charge in [0.1, 0.15) is 17.9 Å². The lowest BCUT2D eigenvalue weighted by molar-refractivity contribution is -0.140. The third-order valence-corrected chi connectivity index (χ3v) is 6.06. The van der Waals surface area contributed by atoms with Crippen LogP contribution < -0.4 is 10.1 Å². The zero-order valence-corrected chi connectivity index (χ0v) is 18.9. The number of esters is 1. The van der Waals surface area contributed by atoms with Gasteiger partial charge in [-0.05, 0) is 42.0 Å². The molecule has 8 heteroatoms. The fourth-order valence-corrected chi connectivity index (χ4v) is 4.27. The first-order chi connectivity index (χ1) is 15.7. The lowest BCUT2D eigenvalue weighted by Crippen LogP contribution is -2.05. The van der Waals surface area contributed by atoms with Gasteiger partial charge in [-0.3, -0.25) is 4.79 Å². The van der Waals surface area contributed by atoms with Gasteiger partial charge in [-0.25, -0.2) is 9.97 Å². The highest BCUT2D eigenvalue weighted by Gasteiger charge is 2.22. The minimum absolute atomic E-state index is 0.167. The third kappa shape index (κ3) is 4.75. The van der Waals surface area contributed by atoms with E-state index in [0.29, 0.717) is 12.1 Å². The average molecular weight is 452 g/mol. The molecule has 0 radical (unpaired) electrons. The van der Waals surface area contributed by atoms with Crippen molar-refractivity contribution in [3.63, 3.8) is 0 Å². The van der Waals surface area contributed by atoms with Gasteiger partial charge < -0.3 is 19.2 Å². The molecule has 0 saturated heterocycles. The number of carbonyl (C=O) groups excluding carboxylic acids is 1. The highest BCUT2D eigenvalue weighted by Crippen LogP contribution is 2.44. The van der Waals surface area contributed by atoms with E-state index < -0.39 is 0 Å². The summed E-state index contributed by atoms with van der Waals surface area (Å²) in [5.74, 6) is 2.14. The van der Waals surface area contributed by atoms with Crippen molar-refractivity contribution in [3.05, 3.63) is 48.1 Å². The summed E-state index contributed by atoms with van der Waals surface area (Å²) in [7, 11) is 3.07. The number of nitrogens with zero attached hydrogens (tertiary/aromatic N) is 2. The molecule has 3 aromatic heterocycles. The molecule has 4 rings (SSSR count). The van der Waals surface area contributed by atoms with Crippen LogP contribution >= 0.6 is 11.3 Å². The van der Waals surface area contributed by atoms with E-state index in [2.05, 4.69) is 20.0 Å². The number of methoxy groups -OCH3 is 2. The molecule has 3 heterocycles. The normalized spacial score (nSPS) is 10.9. The zero-order valence-electron chi connectivity index (χ0n) is 18.1. The summed E-state index contributed by atoms with van der Waals surface area (Å²) in [5.41, 5.74) is 2.50. The highest BCUT2D eigenvalue weighted by atomic mass is 32.1. The Kier molecular flexibility index (Phi) is 7.01. The van der Waals surface area contributed by atoms with Crippen LogP contribution in [0.5, 0.6) is 5.75 Å². The number of hydrogen-bond acceptors (Lipinski definition) is 8. The van der Waals surface area contributed by atoms with E-state index in [9.17, 15) is 4.79 Å². The molecule has 4 aromatic rings. The van der Waals surface area contributed by atoms with E-state index in [-0.39, 0.29) is 5.97 Å². The van der Waals surface area contributed by atoms with Crippen molar-refractivity contribution in [2.75, 3.05) is 26.1 Å². The molecule has 0 unspecified atom stereocenters. The van der Waals surface area contributed by atoms with Crippen molar-refractivity contribution < 1.29 is 18.7 Å². The standard InChI is InChI=1S/C24H25N3O4S/c1-29-17-11-9-16(10-12-17)20-21-23(25-13-5-3-4-8-19(28)30-2)26-15-27-24(21)31-22(20)18-7-6-14-32-18/h6-7,9-12,14-15H,3-5,8,13H2,1-2H3,(H,25,26,27). The summed E-state index contributed by atoms with van der Waals surface area (Å²) in [6.45, 7) is 0.731. The van der Waals surface area contributed by atoms with Gasteiger partial charge in [0.15, 0.2) is 5.76 Å². The second-order valence-corrected chi connectivity index (χ2v) is 8.18. The molecule has 0 aliphatic rings. The van der Waals surface area contributed by atoms with Gasteiger partial charge >= 0.3 is 5.97 Å². The number of benzene rings is 1. The number of fused-ring (bicyclic) bond motifs is 1. The zero-order chi connectivity index (χ0) is 22.3. The van der Waals surface area contributed by atoms with Crippen LogP contribution in [0.2, 0.25) is 0 Å². The SMILES string of the molecule is COC(=O)CCCCCNc1ncnc2oc(-c3cccs3)c(-c3ccc(OC)cc3)c12. The molecule has 1 N–H and O–H groups in total. The van der Waals surface area contributed by atoms with E-state index in [0.717, 1.165) is 64.5 Å². The van der Waals surface area contributed by atoms with Crippen LogP contribution in [0.4, 0.5) is 5.82 Å². The fourth-order valence-electron chi connectivity index (χ4n) is 3.56. The van der Waals surface area contributed by atoms with Crippen LogP contribution in [0.3, 0.4) is 0 Å². The molecule has 1 aromatic carbocycles. The molecule has 0 saturated carbocycles. The van der Waals surface area contributed by atoms with Crippen LogP contribution in [-0.2, 0) is 9.53 Å². The van der Waals surface area contributed by atoms with E-state index in [4.69, 9.17) is 9.15 Å². The first-order valence-electron chi connectivity index (χ1n) is 10.5. The van der Waals surface area contributed by atoms with E-state index in [1.807, 2.05) is 41.8 Å². The fraction of sp³-hybridized carbons (Fsp3) is 0.292. The second kappa shape index (κ2) is 10.3. The number of aromatic nitrogens is 2. The van der Waals surface area contributed by atoms with Crippen LogP contribution in [0.25, 0.3) is 32.9 Å². The first-order valence-corrected chi connectivity index (χ1v) is 11.4. The molecule has 0 bridgehead atoms. The Morgan fingerprint density at radius 3 is 2.66 bits per heavy atom. The quantitative estimate of drug-likeness (QED) is 0.242. The predicted molar refractivity (Wildman–Crippen MR) is 126 cm³/mol. The summed E-state index contributed by atoms with van der Waals surface area (Å²) in [5, 5.41) is 6.32. The van der Waals surface area contributed by atoms with Crippen LogP contribution in [0, 0.1) is 0 Å². The lowest BCUT2D eigenvalue weighted by Gasteiger charge is -2.09. The molecule has 0 atom stereocenters. The monoisotopic (exact) mass is 451 g/mol. The van der Waals surface area contributed by atoms with Crippen molar-refractivity contribution in [2.45, 2.75) is 25.7 Å². The van der Waals surface area contributed by atoms with Crippen molar-refractivity contribution in [1.29, 1.82) is 0 Å². The minimum atomic E-state index is -0.167. The Labute approximate surface area is 190 Å². The maximum atomic E-state index is 11.3. The average Bonchev–Trinajstić information content (AvgIpc) is 3.49. The second-order valence-electron chi connectivity index (χ2n) is 7.23. The predicted octanol–water partition coefficient (Wildman–Crippen LogP) is 5.77. The van der Waals surface area contributed by atoms with Gasteiger partial charge in [0.25, 0.3) is 0 Å². The van der Waals surface area contributed by atoms with Gasteiger partial charge in [-0.2, -0.15) is 0 Å². The molecule has 0 fully saturated rings. The van der Waals surface area contributed by atoms with Crippen molar-refractivity contribution in [3.8, 4) is 27.5 Å². The maximum absolute atomic E-state index is 11.3. The summed E-state index contributed by atoms with van der Waals surface area (Å²) in [6, 6.07) is 11.9. The molecule has 0 spiro atoms. The molecular formula is C24H25N3O4S. The van der Waals surface area contributed by atoms with Crippen LogP contribution in [0.15, 0.2) is 52.5 Å². The smallest absolute Gasteiger partial charge is 0.305 e. The number of thiophene rings is 1.